The molecule has 5 nitrogen and oxygen atoms in total. The third kappa shape index (κ3) is 4.20. The average Bonchev–Trinajstić information content (AvgIpc) is 2.52. The van der Waals surface area contributed by atoms with Gasteiger partial charge in [-0.3, -0.25) is 4.79 Å². The zero-order chi connectivity index (χ0) is 15.1. The molecule has 1 aliphatic carbocycles. The van der Waals surface area contributed by atoms with Crippen LogP contribution in [0.3, 0.4) is 0 Å². The molecule has 1 unspecified atom stereocenters. The van der Waals surface area contributed by atoms with Gasteiger partial charge in [-0.2, -0.15) is 5.26 Å². The van der Waals surface area contributed by atoms with Crippen LogP contribution in [0.4, 0.5) is 0 Å². The second-order valence-electron chi connectivity index (χ2n) is 5.14. The largest absolute Gasteiger partial charge is 0.484 e. The van der Waals surface area contributed by atoms with E-state index in [9.17, 15) is 4.79 Å². The molecule has 0 saturated heterocycles. The number of ether oxygens (including phenoxy) is 1. The maximum absolute atomic E-state index is 11.5. The number of aryl methyl sites for hydroxylation is 1. The van der Waals surface area contributed by atoms with Gasteiger partial charge in [0.2, 0.25) is 0 Å². The number of carbonyl (C=O) groups excluding carboxylic acids is 1. The summed E-state index contributed by atoms with van der Waals surface area (Å²) in [5, 5.41) is 14.4. The van der Waals surface area contributed by atoms with E-state index < -0.39 is 0 Å². The van der Waals surface area contributed by atoms with Crippen LogP contribution in [0.25, 0.3) is 0 Å². The summed E-state index contributed by atoms with van der Waals surface area (Å²) in [5.41, 5.74) is 2.62. The number of hydrogen-bond donors (Lipinski definition) is 2. The van der Waals surface area contributed by atoms with Gasteiger partial charge in [-0.1, -0.05) is 6.07 Å². The summed E-state index contributed by atoms with van der Waals surface area (Å²) in [4.78, 5) is 11.5. The van der Waals surface area contributed by atoms with Crippen molar-refractivity contribution >= 4 is 5.91 Å². The van der Waals surface area contributed by atoms with Gasteiger partial charge in [0.25, 0.3) is 5.91 Å². The maximum Gasteiger partial charge on any atom is 0.257 e. The molecular formula is C16H21N3O2. The Bertz CT molecular complexity index is 537. The van der Waals surface area contributed by atoms with Crippen molar-refractivity contribution in [3.8, 4) is 11.8 Å². The number of fused-ring (bicyclic) bond motifs is 1. The predicted octanol–water partition coefficient (Wildman–Crippen LogP) is 1.69. The van der Waals surface area contributed by atoms with Crippen molar-refractivity contribution in [2.24, 2.45) is 0 Å². The van der Waals surface area contributed by atoms with E-state index in [1.807, 2.05) is 25.2 Å². The lowest BCUT2D eigenvalue weighted by Gasteiger charge is -2.25. The van der Waals surface area contributed by atoms with E-state index in [0.29, 0.717) is 24.8 Å². The minimum Gasteiger partial charge on any atom is -0.484 e. The first-order valence-electron chi connectivity index (χ1n) is 7.31. The topological polar surface area (TPSA) is 74.2 Å². The SMILES string of the molecule is CNC1CCCc2ccc(OCC(=O)NCCC#N)cc21. The van der Waals surface area contributed by atoms with Crippen molar-refractivity contribution in [3.63, 3.8) is 0 Å². The van der Waals surface area contributed by atoms with E-state index in [4.69, 9.17) is 10.00 Å². The first kappa shape index (κ1) is 15.3. The standard InChI is InChI=1S/C16H21N3O2/c1-18-15-5-2-4-12-6-7-13(10-14(12)15)21-11-16(20)19-9-3-8-17/h6-7,10,15,18H,2-5,9,11H2,1H3,(H,19,20). The van der Waals surface area contributed by atoms with Crippen molar-refractivity contribution in [1.82, 2.24) is 10.6 Å². The Hall–Kier alpha value is -2.06. The van der Waals surface area contributed by atoms with Crippen LogP contribution >= 0.6 is 0 Å². The number of nitrogens with zero attached hydrogens (tertiary/aromatic N) is 1. The van der Waals surface area contributed by atoms with E-state index in [2.05, 4.69) is 16.7 Å². The lowest BCUT2D eigenvalue weighted by Crippen LogP contribution is -2.29. The predicted molar refractivity (Wildman–Crippen MR) is 79.9 cm³/mol. The fourth-order valence-corrected chi connectivity index (χ4v) is 2.62. The molecule has 5 heteroatoms. The molecule has 0 spiro atoms. The van der Waals surface area contributed by atoms with Gasteiger partial charge >= 0.3 is 0 Å². The highest BCUT2D eigenvalue weighted by Crippen LogP contribution is 2.32. The summed E-state index contributed by atoms with van der Waals surface area (Å²) in [6, 6.07) is 8.37. The van der Waals surface area contributed by atoms with Crippen molar-refractivity contribution in [1.29, 1.82) is 5.26 Å². The molecule has 1 aromatic carbocycles. The number of rotatable bonds is 6. The summed E-state index contributed by atoms with van der Waals surface area (Å²) in [6.07, 6.45) is 3.73. The number of carbonyl (C=O) groups is 1. The molecule has 2 rings (SSSR count). The third-order valence-corrected chi connectivity index (χ3v) is 3.71. The van der Waals surface area contributed by atoms with E-state index in [1.165, 1.54) is 17.5 Å². The molecule has 1 aromatic rings. The quantitative estimate of drug-likeness (QED) is 0.781. The van der Waals surface area contributed by atoms with Crippen LogP contribution in [-0.2, 0) is 11.2 Å². The molecule has 2 N–H and O–H groups in total. The molecule has 0 aliphatic heterocycles. The Morgan fingerprint density at radius 2 is 2.38 bits per heavy atom. The second-order valence-corrected chi connectivity index (χ2v) is 5.14. The van der Waals surface area contributed by atoms with Gasteiger partial charge in [0.1, 0.15) is 5.75 Å². The van der Waals surface area contributed by atoms with Crippen LogP contribution in [0.2, 0.25) is 0 Å². The third-order valence-electron chi connectivity index (χ3n) is 3.71. The van der Waals surface area contributed by atoms with Crippen LogP contribution in [0.15, 0.2) is 18.2 Å². The number of hydrogen-bond acceptors (Lipinski definition) is 4. The molecule has 1 amide bonds. The fraction of sp³-hybridized carbons (Fsp3) is 0.500. The molecule has 0 heterocycles. The van der Waals surface area contributed by atoms with Crippen LogP contribution in [-0.4, -0.2) is 26.1 Å². The Morgan fingerprint density at radius 3 is 3.14 bits per heavy atom. The summed E-state index contributed by atoms with van der Waals surface area (Å²) < 4.78 is 5.53. The molecule has 0 fully saturated rings. The van der Waals surface area contributed by atoms with Gasteiger partial charge in [0, 0.05) is 12.6 Å². The average molecular weight is 287 g/mol. The first-order valence-corrected chi connectivity index (χ1v) is 7.31. The van der Waals surface area contributed by atoms with Crippen LogP contribution in [0, 0.1) is 11.3 Å². The normalized spacial score (nSPS) is 16.7. The minimum atomic E-state index is -0.201. The maximum atomic E-state index is 11.5. The molecule has 0 aromatic heterocycles. The van der Waals surface area contributed by atoms with Gasteiger partial charge in [-0.25, -0.2) is 0 Å². The summed E-state index contributed by atoms with van der Waals surface area (Å²) >= 11 is 0. The van der Waals surface area contributed by atoms with Crippen molar-refractivity contribution in [3.05, 3.63) is 29.3 Å². The van der Waals surface area contributed by atoms with Crippen LogP contribution in [0.1, 0.15) is 36.4 Å². The number of nitrogens with one attached hydrogen (secondary N) is 2. The Kier molecular flexibility index (Phi) is 5.59. The summed E-state index contributed by atoms with van der Waals surface area (Å²) in [5.74, 6) is 0.513. The van der Waals surface area contributed by atoms with Crippen molar-refractivity contribution in [2.75, 3.05) is 20.2 Å². The molecule has 1 atom stereocenters. The van der Waals surface area contributed by atoms with Gasteiger partial charge in [-0.15, -0.1) is 0 Å². The van der Waals surface area contributed by atoms with Crippen molar-refractivity contribution < 1.29 is 9.53 Å². The Balaban J connectivity index is 1.93. The lowest BCUT2D eigenvalue weighted by molar-refractivity contribution is -0.123. The zero-order valence-corrected chi connectivity index (χ0v) is 12.3. The van der Waals surface area contributed by atoms with Gasteiger partial charge in [0.05, 0.1) is 12.5 Å². The number of benzene rings is 1. The second kappa shape index (κ2) is 7.65. The van der Waals surface area contributed by atoms with E-state index in [0.717, 1.165) is 12.8 Å². The zero-order valence-electron chi connectivity index (χ0n) is 12.3. The van der Waals surface area contributed by atoms with Crippen molar-refractivity contribution in [2.45, 2.75) is 31.7 Å². The minimum absolute atomic E-state index is 0.0194. The molecule has 112 valence electrons. The van der Waals surface area contributed by atoms with Gasteiger partial charge < -0.3 is 15.4 Å². The van der Waals surface area contributed by atoms with E-state index in [-0.39, 0.29) is 12.5 Å². The highest BCUT2D eigenvalue weighted by molar-refractivity contribution is 5.77. The summed E-state index contributed by atoms with van der Waals surface area (Å²) in [7, 11) is 1.97. The highest BCUT2D eigenvalue weighted by Gasteiger charge is 2.19. The van der Waals surface area contributed by atoms with Gasteiger partial charge in [-0.05, 0) is 49.6 Å². The molecule has 0 bridgehead atoms. The van der Waals surface area contributed by atoms with Crippen LogP contribution in [0.5, 0.6) is 5.75 Å². The Labute approximate surface area is 125 Å². The fourth-order valence-electron chi connectivity index (χ4n) is 2.62. The molecule has 21 heavy (non-hydrogen) atoms. The molecular weight excluding hydrogens is 266 g/mol. The first-order chi connectivity index (χ1) is 10.2. The molecule has 1 aliphatic rings. The van der Waals surface area contributed by atoms with Gasteiger partial charge in [0.15, 0.2) is 6.61 Å². The number of amides is 1. The van der Waals surface area contributed by atoms with E-state index in [1.54, 1.807) is 0 Å². The van der Waals surface area contributed by atoms with E-state index >= 15 is 0 Å². The number of nitriles is 1. The smallest absolute Gasteiger partial charge is 0.257 e. The highest BCUT2D eigenvalue weighted by atomic mass is 16.5. The molecule has 0 saturated carbocycles. The Morgan fingerprint density at radius 1 is 1.52 bits per heavy atom. The lowest BCUT2D eigenvalue weighted by atomic mass is 9.87. The van der Waals surface area contributed by atoms with Crippen LogP contribution < -0.4 is 15.4 Å². The molecule has 0 radical (unpaired) electrons. The summed E-state index contributed by atoms with van der Waals surface area (Å²) in [6.45, 7) is 0.346. The monoisotopic (exact) mass is 287 g/mol.